The van der Waals surface area contributed by atoms with Crippen LogP contribution in [0.5, 0.6) is 5.75 Å². The van der Waals surface area contributed by atoms with Crippen LogP contribution in [0.1, 0.15) is 44.6 Å². The van der Waals surface area contributed by atoms with E-state index in [1.807, 2.05) is 6.07 Å². The fourth-order valence-corrected chi connectivity index (χ4v) is 3.71. The normalized spacial score (nSPS) is 35.0. The van der Waals surface area contributed by atoms with Crippen LogP contribution >= 0.6 is 0 Å². The molecule has 0 amide bonds. The van der Waals surface area contributed by atoms with Crippen LogP contribution in [0.4, 0.5) is 0 Å². The maximum atomic E-state index is 6.58. The monoisotopic (exact) mass is 245 g/mol. The van der Waals surface area contributed by atoms with Crippen molar-refractivity contribution in [2.75, 3.05) is 0 Å². The average molecular weight is 245 g/mol. The molecule has 0 bridgehead atoms. The van der Waals surface area contributed by atoms with E-state index in [1.54, 1.807) is 0 Å². The number of para-hydroxylation sites is 1. The minimum atomic E-state index is 0.00434. The van der Waals surface area contributed by atoms with Crippen LogP contribution in [0.15, 0.2) is 24.3 Å². The van der Waals surface area contributed by atoms with E-state index in [-0.39, 0.29) is 11.6 Å². The number of rotatable bonds is 2. The number of nitrogens with two attached hydrogens (primary N) is 1. The minimum absolute atomic E-state index is 0.00434. The molecule has 18 heavy (non-hydrogen) atoms. The molecule has 1 saturated carbocycles. The maximum Gasteiger partial charge on any atom is 0.123 e. The van der Waals surface area contributed by atoms with Crippen molar-refractivity contribution >= 4 is 0 Å². The fourth-order valence-electron chi connectivity index (χ4n) is 3.71. The molecule has 1 aromatic rings. The predicted molar refractivity (Wildman–Crippen MR) is 73.7 cm³/mol. The zero-order chi connectivity index (χ0) is 12.6. The Balaban J connectivity index is 1.65. The second-order valence-electron chi connectivity index (χ2n) is 6.32. The fraction of sp³-hybridized carbons (Fsp3) is 0.625. The molecule has 0 radical (unpaired) electrons. The number of hydrogen-bond donors (Lipinski definition) is 1. The molecule has 1 aliphatic heterocycles. The van der Waals surface area contributed by atoms with Gasteiger partial charge in [-0.05, 0) is 30.4 Å². The van der Waals surface area contributed by atoms with Crippen LogP contribution in [0.2, 0.25) is 0 Å². The molecular formula is C16H23NO. The van der Waals surface area contributed by atoms with Crippen molar-refractivity contribution in [2.24, 2.45) is 11.7 Å². The maximum absolute atomic E-state index is 6.58. The number of benzene rings is 1. The van der Waals surface area contributed by atoms with Crippen LogP contribution in [-0.2, 0) is 6.42 Å². The van der Waals surface area contributed by atoms with E-state index < -0.39 is 0 Å². The lowest BCUT2D eigenvalue weighted by Crippen LogP contribution is -2.47. The smallest absolute Gasteiger partial charge is 0.123 e. The number of fused-ring (bicyclic) bond motifs is 1. The highest BCUT2D eigenvalue weighted by atomic mass is 16.5. The molecule has 3 rings (SSSR count). The van der Waals surface area contributed by atoms with Crippen LogP contribution in [0, 0.1) is 5.92 Å². The average Bonchev–Trinajstić information content (AvgIpc) is 2.69. The summed E-state index contributed by atoms with van der Waals surface area (Å²) in [7, 11) is 0. The van der Waals surface area contributed by atoms with Gasteiger partial charge in [-0.25, -0.2) is 0 Å². The summed E-state index contributed by atoms with van der Waals surface area (Å²) in [6.07, 6.45) is 7.26. The Hall–Kier alpha value is -1.02. The van der Waals surface area contributed by atoms with Gasteiger partial charge in [-0.3, -0.25) is 0 Å². The van der Waals surface area contributed by atoms with Gasteiger partial charge in [-0.15, -0.1) is 0 Å². The molecule has 2 N–H and O–H groups in total. The van der Waals surface area contributed by atoms with Gasteiger partial charge >= 0.3 is 0 Å². The van der Waals surface area contributed by atoms with Gasteiger partial charge in [0.15, 0.2) is 0 Å². The number of ether oxygens (including phenoxy) is 1. The molecule has 2 nitrogen and oxygen atoms in total. The molecule has 1 heterocycles. The summed E-state index contributed by atoms with van der Waals surface area (Å²) in [5.41, 5.74) is 7.93. The van der Waals surface area contributed by atoms with Crippen LogP contribution in [0.3, 0.4) is 0 Å². The van der Waals surface area contributed by atoms with E-state index >= 15 is 0 Å². The molecule has 0 spiro atoms. The summed E-state index contributed by atoms with van der Waals surface area (Å²) in [4.78, 5) is 0. The molecule has 1 aromatic carbocycles. The molecule has 3 unspecified atom stereocenters. The summed E-state index contributed by atoms with van der Waals surface area (Å²) in [6.45, 7) is 2.32. The second-order valence-corrected chi connectivity index (χ2v) is 6.32. The Labute approximate surface area is 110 Å². The van der Waals surface area contributed by atoms with E-state index in [9.17, 15) is 0 Å². The highest BCUT2D eigenvalue weighted by Crippen LogP contribution is 2.37. The van der Waals surface area contributed by atoms with E-state index in [0.717, 1.165) is 37.4 Å². The standard InChI is InChI=1S/C16H23NO/c1-12-5-4-8-16(17,10-12)11-14-9-13-6-2-3-7-15(13)18-14/h2-3,6-7,12,14H,4-5,8-11,17H2,1H3. The Morgan fingerprint density at radius 3 is 3.00 bits per heavy atom. The molecular weight excluding hydrogens is 222 g/mol. The molecule has 98 valence electrons. The molecule has 0 saturated heterocycles. The van der Waals surface area contributed by atoms with Crippen molar-refractivity contribution in [3.05, 3.63) is 29.8 Å². The Bertz CT molecular complexity index is 406. The Morgan fingerprint density at radius 1 is 1.39 bits per heavy atom. The zero-order valence-electron chi connectivity index (χ0n) is 11.2. The minimum Gasteiger partial charge on any atom is -0.490 e. The van der Waals surface area contributed by atoms with Crippen molar-refractivity contribution < 1.29 is 4.74 Å². The van der Waals surface area contributed by atoms with Crippen LogP contribution < -0.4 is 10.5 Å². The zero-order valence-corrected chi connectivity index (χ0v) is 11.2. The lowest BCUT2D eigenvalue weighted by atomic mass is 9.74. The SMILES string of the molecule is CC1CCCC(N)(CC2Cc3ccccc3O2)C1. The first-order valence-corrected chi connectivity index (χ1v) is 7.18. The Kier molecular flexibility index (Phi) is 3.06. The highest BCUT2D eigenvalue weighted by Gasteiger charge is 2.36. The second kappa shape index (κ2) is 4.58. The largest absolute Gasteiger partial charge is 0.490 e. The quantitative estimate of drug-likeness (QED) is 0.867. The van der Waals surface area contributed by atoms with Crippen molar-refractivity contribution in [1.29, 1.82) is 0 Å². The summed E-state index contributed by atoms with van der Waals surface area (Å²) >= 11 is 0. The van der Waals surface area contributed by atoms with Crippen molar-refractivity contribution in [1.82, 2.24) is 0 Å². The molecule has 0 aromatic heterocycles. The molecule has 1 fully saturated rings. The van der Waals surface area contributed by atoms with Gasteiger partial charge in [0, 0.05) is 18.4 Å². The summed E-state index contributed by atoms with van der Waals surface area (Å²) in [5.74, 6) is 1.84. The van der Waals surface area contributed by atoms with Gasteiger partial charge in [-0.2, -0.15) is 0 Å². The lowest BCUT2D eigenvalue weighted by molar-refractivity contribution is 0.138. The predicted octanol–water partition coefficient (Wildman–Crippen LogP) is 3.29. The van der Waals surface area contributed by atoms with Gasteiger partial charge in [0.1, 0.15) is 11.9 Å². The van der Waals surface area contributed by atoms with Crippen molar-refractivity contribution in [3.63, 3.8) is 0 Å². The van der Waals surface area contributed by atoms with Crippen LogP contribution in [-0.4, -0.2) is 11.6 Å². The van der Waals surface area contributed by atoms with Gasteiger partial charge < -0.3 is 10.5 Å². The van der Waals surface area contributed by atoms with Gasteiger partial charge in [0.2, 0.25) is 0 Å². The van der Waals surface area contributed by atoms with Crippen LogP contribution in [0.25, 0.3) is 0 Å². The lowest BCUT2D eigenvalue weighted by Gasteiger charge is -2.38. The van der Waals surface area contributed by atoms with Gasteiger partial charge in [0.05, 0.1) is 0 Å². The van der Waals surface area contributed by atoms with Crippen molar-refractivity contribution in [3.8, 4) is 5.75 Å². The third-order valence-corrected chi connectivity index (χ3v) is 4.47. The highest BCUT2D eigenvalue weighted by molar-refractivity contribution is 5.37. The molecule has 1 aliphatic carbocycles. The summed E-state index contributed by atoms with van der Waals surface area (Å²) in [6, 6.07) is 8.37. The molecule has 3 atom stereocenters. The summed E-state index contributed by atoms with van der Waals surface area (Å²) in [5, 5.41) is 0. The molecule has 2 heteroatoms. The van der Waals surface area contributed by atoms with Crippen molar-refractivity contribution in [2.45, 2.75) is 57.1 Å². The summed E-state index contributed by atoms with van der Waals surface area (Å²) < 4.78 is 6.03. The first kappa shape index (κ1) is 12.0. The molecule has 2 aliphatic rings. The van der Waals surface area contributed by atoms with E-state index in [2.05, 4.69) is 25.1 Å². The van der Waals surface area contributed by atoms with Gasteiger partial charge in [-0.1, -0.05) is 38.0 Å². The first-order chi connectivity index (χ1) is 8.65. The van der Waals surface area contributed by atoms with Gasteiger partial charge in [0.25, 0.3) is 0 Å². The van der Waals surface area contributed by atoms with E-state index in [0.29, 0.717) is 0 Å². The van der Waals surface area contributed by atoms with E-state index in [1.165, 1.54) is 18.4 Å². The third kappa shape index (κ3) is 2.39. The number of hydrogen-bond acceptors (Lipinski definition) is 2. The first-order valence-electron chi connectivity index (χ1n) is 7.18. The van der Waals surface area contributed by atoms with E-state index in [4.69, 9.17) is 10.5 Å². The Morgan fingerprint density at radius 2 is 2.22 bits per heavy atom. The topological polar surface area (TPSA) is 35.2 Å². The third-order valence-electron chi connectivity index (χ3n) is 4.47.